The summed E-state index contributed by atoms with van der Waals surface area (Å²) < 4.78 is 2.00. The van der Waals surface area contributed by atoms with E-state index in [-0.39, 0.29) is 6.04 Å². The van der Waals surface area contributed by atoms with E-state index in [1.807, 2.05) is 4.68 Å². The largest absolute Gasteiger partial charge is 0.369 e. The molecule has 27 heavy (non-hydrogen) atoms. The molecule has 148 valence electrons. The smallest absolute Gasteiger partial charge is 0.168 e. The Morgan fingerprint density at radius 3 is 2.48 bits per heavy atom. The third-order valence-electron chi connectivity index (χ3n) is 5.81. The lowest BCUT2D eigenvalue weighted by atomic mass is 10.0. The minimum absolute atomic E-state index is 0.287. The second-order valence-electron chi connectivity index (χ2n) is 7.98. The fourth-order valence-electron chi connectivity index (χ4n) is 4.01. The van der Waals surface area contributed by atoms with Crippen LogP contribution in [0.1, 0.15) is 69.1 Å². The fourth-order valence-corrected chi connectivity index (χ4v) is 4.01. The molecule has 0 bridgehead atoms. The first-order valence-electron chi connectivity index (χ1n) is 10.4. The first-order chi connectivity index (χ1) is 13.0. The number of benzene rings is 1. The molecule has 1 aliphatic rings. The van der Waals surface area contributed by atoms with E-state index in [4.69, 9.17) is 0 Å². The van der Waals surface area contributed by atoms with Crippen LogP contribution >= 0.6 is 0 Å². The number of piperazine rings is 1. The molecule has 2 heterocycles. The van der Waals surface area contributed by atoms with Crippen LogP contribution in [0.3, 0.4) is 0 Å². The number of unbranched alkanes of at least 4 members (excludes halogenated alkanes) is 1. The Morgan fingerprint density at radius 2 is 1.81 bits per heavy atom. The second-order valence-corrected chi connectivity index (χ2v) is 7.98. The summed E-state index contributed by atoms with van der Waals surface area (Å²) in [5.74, 6) is 1.03. The maximum Gasteiger partial charge on any atom is 0.168 e. The predicted octanol–water partition coefficient (Wildman–Crippen LogP) is 3.92. The molecule has 0 saturated carbocycles. The number of nitrogens with zero attached hydrogens (tertiary/aromatic N) is 6. The van der Waals surface area contributed by atoms with E-state index in [0.29, 0.717) is 6.04 Å². The van der Waals surface area contributed by atoms with Crippen LogP contribution in [0.15, 0.2) is 18.2 Å². The molecule has 0 unspecified atom stereocenters. The van der Waals surface area contributed by atoms with E-state index in [1.165, 1.54) is 29.7 Å². The van der Waals surface area contributed by atoms with Gasteiger partial charge in [0.25, 0.3) is 0 Å². The van der Waals surface area contributed by atoms with Gasteiger partial charge < -0.3 is 4.90 Å². The van der Waals surface area contributed by atoms with Crippen molar-refractivity contribution in [3.8, 4) is 0 Å². The van der Waals surface area contributed by atoms with E-state index in [0.717, 1.165) is 38.4 Å². The summed E-state index contributed by atoms with van der Waals surface area (Å²) in [6, 6.07) is 7.22. The highest BCUT2D eigenvalue weighted by molar-refractivity contribution is 5.56. The molecule has 1 saturated heterocycles. The van der Waals surface area contributed by atoms with Crippen molar-refractivity contribution in [2.24, 2.45) is 0 Å². The highest BCUT2D eigenvalue weighted by Gasteiger charge is 2.29. The van der Waals surface area contributed by atoms with E-state index in [2.05, 4.69) is 78.1 Å². The third kappa shape index (κ3) is 4.32. The van der Waals surface area contributed by atoms with Gasteiger partial charge in [-0.15, -0.1) is 5.10 Å². The minimum atomic E-state index is 0.287. The molecule has 0 N–H and O–H groups in total. The van der Waals surface area contributed by atoms with Crippen LogP contribution in [-0.4, -0.2) is 51.3 Å². The van der Waals surface area contributed by atoms with Crippen molar-refractivity contribution < 1.29 is 0 Å². The molecule has 6 nitrogen and oxygen atoms in total. The molecular weight excluding hydrogens is 336 g/mol. The Morgan fingerprint density at radius 1 is 1.07 bits per heavy atom. The molecule has 0 amide bonds. The Kier molecular flexibility index (Phi) is 6.47. The van der Waals surface area contributed by atoms with Gasteiger partial charge in [-0.3, -0.25) is 4.90 Å². The highest BCUT2D eigenvalue weighted by atomic mass is 15.6. The van der Waals surface area contributed by atoms with Crippen molar-refractivity contribution in [1.29, 1.82) is 0 Å². The standard InChI is InChI=1S/C21H34N6/c1-6-7-10-20(21-22-23-24-27(21)16(2)3)26-14-12-25(13-15-26)19-11-8-9-17(4)18(19)5/h8-9,11,16,20H,6-7,10,12-15H2,1-5H3/t20-/m1/s1. The summed E-state index contributed by atoms with van der Waals surface area (Å²) >= 11 is 0. The van der Waals surface area contributed by atoms with E-state index >= 15 is 0 Å². The van der Waals surface area contributed by atoms with E-state index < -0.39 is 0 Å². The van der Waals surface area contributed by atoms with Gasteiger partial charge in [0, 0.05) is 31.9 Å². The number of hydrogen-bond donors (Lipinski definition) is 0. The molecule has 0 aliphatic carbocycles. The first-order valence-corrected chi connectivity index (χ1v) is 10.4. The normalized spacial score (nSPS) is 16.9. The molecule has 1 aliphatic heterocycles. The van der Waals surface area contributed by atoms with Crippen molar-refractivity contribution in [2.75, 3.05) is 31.1 Å². The average molecular weight is 371 g/mol. The summed E-state index contributed by atoms with van der Waals surface area (Å²) in [6.45, 7) is 15.2. The Balaban J connectivity index is 1.74. The van der Waals surface area contributed by atoms with Gasteiger partial charge in [-0.2, -0.15) is 0 Å². The summed E-state index contributed by atoms with van der Waals surface area (Å²) in [5.41, 5.74) is 4.15. The van der Waals surface area contributed by atoms with Crippen LogP contribution in [0, 0.1) is 13.8 Å². The molecule has 2 aromatic rings. The monoisotopic (exact) mass is 370 g/mol. The van der Waals surface area contributed by atoms with Crippen LogP contribution in [0.5, 0.6) is 0 Å². The second kappa shape index (κ2) is 8.83. The maximum absolute atomic E-state index is 4.42. The topological polar surface area (TPSA) is 50.1 Å². The zero-order chi connectivity index (χ0) is 19.4. The van der Waals surface area contributed by atoms with Crippen LogP contribution in [-0.2, 0) is 0 Å². The molecule has 1 atom stereocenters. The van der Waals surface area contributed by atoms with E-state index in [9.17, 15) is 0 Å². The van der Waals surface area contributed by atoms with Crippen molar-refractivity contribution in [1.82, 2.24) is 25.1 Å². The molecule has 3 rings (SSSR count). The summed E-state index contributed by atoms with van der Waals surface area (Å²) in [7, 11) is 0. The van der Waals surface area contributed by atoms with Crippen molar-refractivity contribution in [3.63, 3.8) is 0 Å². The maximum atomic E-state index is 4.42. The van der Waals surface area contributed by atoms with Crippen molar-refractivity contribution in [3.05, 3.63) is 35.2 Å². The third-order valence-corrected chi connectivity index (χ3v) is 5.81. The van der Waals surface area contributed by atoms with Gasteiger partial charge in [-0.1, -0.05) is 31.9 Å². The van der Waals surface area contributed by atoms with Gasteiger partial charge in [0.2, 0.25) is 0 Å². The zero-order valence-corrected chi connectivity index (χ0v) is 17.5. The number of tetrazole rings is 1. The van der Waals surface area contributed by atoms with Crippen LogP contribution in [0.4, 0.5) is 5.69 Å². The van der Waals surface area contributed by atoms with Crippen molar-refractivity contribution >= 4 is 5.69 Å². The Labute approximate surface area is 163 Å². The summed E-state index contributed by atoms with van der Waals surface area (Å²) in [6.07, 6.45) is 3.52. The van der Waals surface area contributed by atoms with Gasteiger partial charge in [0.1, 0.15) is 0 Å². The zero-order valence-electron chi connectivity index (χ0n) is 17.5. The number of aromatic nitrogens is 4. The lowest BCUT2D eigenvalue weighted by Gasteiger charge is -2.40. The minimum Gasteiger partial charge on any atom is -0.369 e. The number of aryl methyl sites for hydroxylation is 1. The molecule has 0 spiro atoms. The molecular formula is C21H34N6. The number of anilines is 1. The van der Waals surface area contributed by atoms with Gasteiger partial charge >= 0.3 is 0 Å². The van der Waals surface area contributed by atoms with Crippen LogP contribution in [0.2, 0.25) is 0 Å². The molecule has 1 fully saturated rings. The average Bonchev–Trinajstić information content (AvgIpc) is 3.15. The predicted molar refractivity (Wildman–Crippen MR) is 110 cm³/mol. The molecule has 1 aromatic carbocycles. The van der Waals surface area contributed by atoms with Gasteiger partial charge in [0.15, 0.2) is 5.82 Å². The summed E-state index contributed by atoms with van der Waals surface area (Å²) in [5, 5.41) is 12.6. The molecule has 6 heteroatoms. The SMILES string of the molecule is CCCC[C@H](c1nnnn1C(C)C)N1CCN(c2cccc(C)c2C)CC1. The molecule has 1 aromatic heterocycles. The Hall–Kier alpha value is -1.95. The first kappa shape index (κ1) is 19.8. The number of rotatable bonds is 7. The van der Waals surface area contributed by atoms with Crippen LogP contribution in [0.25, 0.3) is 0 Å². The number of hydrogen-bond acceptors (Lipinski definition) is 5. The van der Waals surface area contributed by atoms with Gasteiger partial charge in [-0.05, 0) is 61.7 Å². The van der Waals surface area contributed by atoms with Crippen LogP contribution < -0.4 is 4.90 Å². The quantitative estimate of drug-likeness (QED) is 0.739. The highest BCUT2D eigenvalue weighted by Crippen LogP contribution is 2.29. The molecule has 0 radical (unpaired) electrons. The summed E-state index contributed by atoms with van der Waals surface area (Å²) in [4.78, 5) is 5.11. The van der Waals surface area contributed by atoms with Gasteiger partial charge in [-0.25, -0.2) is 4.68 Å². The fraction of sp³-hybridized carbons (Fsp3) is 0.667. The lowest BCUT2D eigenvalue weighted by molar-refractivity contribution is 0.161. The lowest BCUT2D eigenvalue weighted by Crippen LogP contribution is -2.48. The van der Waals surface area contributed by atoms with E-state index in [1.54, 1.807) is 0 Å². The Bertz CT molecular complexity index is 730. The van der Waals surface area contributed by atoms with Gasteiger partial charge in [0.05, 0.1) is 12.1 Å². The van der Waals surface area contributed by atoms with Crippen molar-refractivity contribution in [2.45, 2.75) is 66.0 Å².